The quantitative estimate of drug-likeness (QED) is 0.766. The van der Waals surface area contributed by atoms with Crippen molar-refractivity contribution < 1.29 is 22.7 Å². The maximum atomic E-state index is 13.0. The van der Waals surface area contributed by atoms with Gasteiger partial charge in [-0.15, -0.1) is 0 Å². The lowest BCUT2D eigenvalue weighted by atomic mass is 9.97. The fourth-order valence-corrected chi connectivity index (χ4v) is 5.71. The van der Waals surface area contributed by atoms with Gasteiger partial charge in [-0.2, -0.15) is 4.31 Å². The second kappa shape index (κ2) is 7.59. The van der Waals surface area contributed by atoms with Crippen LogP contribution < -0.4 is 5.73 Å². The normalized spacial score (nSPS) is 23.1. The van der Waals surface area contributed by atoms with Crippen molar-refractivity contribution in [1.29, 1.82) is 0 Å². The first-order valence-corrected chi connectivity index (χ1v) is 10.8. The minimum atomic E-state index is -3.68. The summed E-state index contributed by atoms with van der Waals surface area (Å²) in [6.07, 6.45) is 3.54. The predicted molar refractivity (Wildman–Crippen MR) is 99.1 cm³/mol. The summed E-state index contributed by atoms with van der Waals surface area (Å²) in [4.78, 5) is 24.8. The molecule has 0 spiro atoms. The van der Waals surface area contributed by atoms with Crippen LogP contribution in [0.25, 0.3) is 0 Å². The number of hydrogen-bond acceptors (Lipinski definition) is 5. The van der Waals surface area contributed by atoms with E-state index in [4.69, 9.17) is 10.5 Å². The highest BCUT2D eigenvalue weighted by atomic mass is 32.2. The number of piperidine rings is 1. The minimum absolute atomic E-state index is 0.0599. The van der Waals surface area contributed by atoms with Gasteiger partial charge in [0.05, 0.1) is 10.8 Å². The lowest BCUT2D eigenvalue weighted by Gasteiger charge is -2.33. The molecule has 1 amide bonds. The summed E-state index contributed by atoms with van der Waals surface area (Å²) >= 11 is 0. The summed E-state index contributed by atoms with van der Waals surface area (Å²) in [6.45, 7) is 2.17. The SMILES string of the molecule is Cc1ccccc1S(=O)(=O)N1CCCC(C(=O)OC2(C(N)=O)CCCC2)C1. The summed E-state index contributed by atoms with van der Waals surface area (Å²) in [7, 11) is -3.68. The third kappa shape index (κ3) is 3.87. The van der Waals surface area contributed by atoms with E-state index in [0.717, 1.165) is 12.8 Å². The predicted octanol–water partition coefficient (Wildman–Crippen LogP) is 1.74. The van der Waals surface area contributed by atoms with E-state index >= 15 is 0 Å². The third-order valence-electron chi connectivity index (χ3n) is 5.59. The highest BCUT2D eigenvalue weighted by Crippen LogP contribution is 2.35. The highest BCUT2D eigenvalue weighted by Gasteiger charge is 2.45. The van der Waals surface area contributed by atoms with Crippen molar-refractivity contribution >= 4 is 21.9 Å². The Labute approximate surface area is 159 Å². The molecule has 1 aliphatic carbocycles. The van der Waals surface area contributed by atoms with Crippen LogP contribution in [0.15, 0.2) is 29.2 Å². The number of carbonyl (C=O) groups is 2. The molecule has 7 nitrogen and oxygen atoms in total. The van der Waals surface area contributed by atoms with Crippen molar-refractivity contribution in [1.82, 2.24) is 4.31 Å². The van der Waals surface area contributed by atoms with Crippen LogP contribution in [0.1, 0.15) is 44.1 Å². The lowest BCUT2D eigenvalue weighted by Crippen LogP contribution is -2.49. The first-order valence-electron chi connectivity index (χ1n) is 9.35. The van der Waals surface area contributed by atoms with E-state index in [0.29, 0.717) is 37.8 Å². The fraction of sp³-hybridized carbons (Fsp3) is 0.579. The van der Waals surface area contributed by atoms with Gasteiger partial charge in [-0.1, -0.05) is 18.2 Å². The third-order valence-corrected chi connectivity index (χ3v) is 7.61. The van der Waals surface area contributed by atoms with Crippen molar-refractivity contribution in [2.75, 3.05) is 13.1 Å². The zero-order valence-corrected chi connectivity index (χ0v) is 16.3. The monoisotopic (exact) mass is 394 g/mol. The smallest absolute Gasteiger partial charge is 0.311 e. The van der Waals surface area contributed by atoms with Gasteiger partial charge in [-0.05, 0) is 57.1 Å². The molecule has 1 heterocycles. The van der Waals surface area contributed by atoms with Crippen LogP contribution in [0, 0.1) is 12.8 Å². The summed E-state index contributed by atoms with van der Waals surface area (Å²) in [5.41, 5.74) is 4.92. The molecule has 2 N–H and O–H groups in total. The number of carbonyl (C=O) groups excluding carboxylic acids is 2. The van der Waals surface area contributed by atoms with Crippen molar-refractivity contribution in [2.24, 2.45) is 11.7 Å². The van der Waals surface area contributed by atoms with E-state index < -0.39 is 33.4 Å². The van der Waals surface area contributed by atoms with Gasteiger partial charge in [0.15, 0.2) is 5.60 Å². The maximum absolute atomic E-state index is 13.0. The van der Waals surface area contributed by atoms with Gasteiger partial charge < -0.3 is 10.5 Å². The lowest BCUT2D eigenvalue weighted by molar-refractivity contribution is -0.171. The van der Waals surface area contributed by atoms with Gasteiger partial charge >= 0.3 is 5.97 Å². The van der Waals surface area contributed by atoms with E-state index in [9.17, 15) is 18.0 Å². The van der Waals surface area contributed by atoms with Crippen LogP contribution >= 0.6 is 0 Å². The van der Waals surface area contributed by atoms with Crippen LogP contribution in [0.3, 0.4) is 0 Å². The molecule has 148 valence electrons. The van der Waals surface area contributed by atoms with E-state index in [2.05, 4.69) is 0 Å². The minimum Gasteiger partial charge on any atom is -0.449 e. The van der Waals surface area contributed by atoms with Crippen LogP contribution in [-0.2, 0) is 24.3 Å². The molecular formula is C19H26N2O5S. The highest BCUT2D eigenvalue weighted by molar-refractivity contribution is 7.89. The van der Waals surface area contributed by atoms with Gasteiger partial charge in [0.25, 0.3) is 5.91 Å². The number of rotatable bonds is 5. The first-order chi connectivity index (χ1) is 12.8. The Kier molecular flexibility index (Phi) is 5.58. The number of nitrogens with zero attached hydrogens (tertiary/aromatic N) is 1. The second-order valence-corrected chi connectivity index (χ2v) is 9.36. The number of amides is 1. The largest absolute Gasteiger partial charge is 0.449 e. The van der Waals surface area contributed by atoms with Gasteiger partial charge in [0, 0.05) is 13.1 Å². The fourth-order valence-electron chi connectivity index (χ4n) is 3.96. The maximum Gasteiger partial charge on any atom is 0.311 e. The standard InChI is InChI=1S/C19H26N2O5S/c1-14-7-2-3-9-16(14)27(24,25)21-12-6-8-15(13-21)17(22)26-19(18(20)23)10-4-5-11-19/h2-3,7,9,15H,4-6,8,10-13H2,1H3,(H2,20,23). The number of hydrogen-bond donors (Lipinski definition) is 1. The van der Waals surface area contributed by atoms with Crippen molar-refractivity contribution in [3.8, 4) is 0 Å². The molecule has 1 aromatic carbocycles. The molecule has 1 aromatic rings. The molecule has 1 aliphatic heterocycles. The molecule has 1 saturated heterocycles. The number of aryl methyl sites for hydroxylation is 1. The molecule has 8 heteroatoms. The Morgan fingerprint density at radius 2 is 1.85 bits per heavy atom. The average molecular weight is 394 g/mol. The van der Waals surface area contributed by atoms with Crippen molar-refractivity contribution in [3.05, 3.63) is 29.8 Å². The van der Waals surface area contributed by atoms with Crippen LogP contribution in [-0.4, -0.2) is 43.3 Å². The van der Waals surface area contributed by atoms with Gasteiger partial charge in [-0.25, -0.2) is 8.42 Å². The summed E-state index contributed by atoms with van der Waals surface area (Å²) in [6, 6.07) is 6.80. The zero-order valence-electron chi connectivity index (χ0n) is 15.5. The molecule has 1 atom stereocenters. The van der Waals surface area contributed by atoms with Crippen molar-refractivity contribution in [2.45, 2.75) is 55.9 Å². The number of sulfonamides is 1. The zero-order chi connectivity index (χ0) is 19.7. The summed E-state index contributed by atoms with van der Waals surface area (Å²) in [5.74, 6) is -1.73. The van der Waals surface area contributed by atoms with Gasteiger partial charge in [0.1, 0.15) is 0 Å². The Morgan fingerprint density at radius 3 is 2.48 bits per heavy atom. The summed E-state index contributed by atoms with van der Waals surface area (Å²) < 4.78 is 32.9. The van der Waals surface area contributed by atoms with E-state index in [1.54, 1.807) is 31.2 Å². The second-order valence-electron chi connectivity index (χ2n) is 7.45. The molecule has 0 radical (unpaired) electrons. The number of ether oxygens (including phenoxy) is 1. The number of primary amides is 1. The van der Waals surface area contributed by atoms with Crippen molar-refractivity contribution in [3.63, 3.8) is 0 Å². The molecule has 2 aliphatic rings. The van der Waals surface area contributed by atoms with Crippen LogP contribution in [0.5, 0.6) is 0 Å². The molecule has 1 saturated carbocycles. The van der Waals surface area contributed by atoms with Crippen LogP contribution in [0.4, 0.5) is 0 Å². The Hall–Kier alpha value is -1.93. The van der Waals surface area contributed by atoms with Gasteiger partial charge in [-0.3, -0.25) is 9.59 Å². The Morgan fingerprint density at radius 1 is 1.19 bits per heavy atom. The van der Waals surface area contributed by atoms with Crippen LogP contribution in [0.2, 0.25) is 0 Å². The molecule has 2 fully saturated rings. The average Bonchev–Trinajstić information content (AvgIpc) is 3.12. The molecule has 0 bridgehead atoms. The van der Waals surface area contributed by atoms with E-state index in [1.165, 1.54) is 4.31 Å². The molecule has 1 unspecified atom stereocenters. The number of benzene rings is 1. The molecular weight excluding hydrogens is 368 g/mol. The van der Waals surface area contributed by atoms with E-state index in [-0.39, 0.29) is 11.4 Å². The topological polar surface area (TPSA) is 107 Å². The Balaban J connectivity index is 1.75. The van der Waals surface area contributed by atoms with Gasteiger partial charge in [0.2, 0.25) is 10.0 Å². The van der Waals surface area contributed by atoms with E-state index in [1.807, 2.05) is 0 Å². The summed E-state index contributed by atoms with van der Waals surface area (Å²) in [5, 5.41) is 0. The number of esters is 1. The molecule has 27 heavy (non-hydrogen) atoms. The molecule has 0 aromatic heterocycles. The Bertz CT molecular complexity index is 830. The molecule has 3 rings (SSSR count). The first kappa shape index (κ1) is 19.8. The number of nitrogens with two attached hydrogens (primary N) is 1.